The average Bonchev–Trinajstić information content (AvgIpc) is 2.23. The Balaban J connectivity index is 3.34. The second-order valence-electron chi connectivity index (χ2n) is 3.34. The van der Waals surface area contributed by atoms with Crippen molar-refractivity contribution in [3.8, 4) is 11.5 Å². The van der Waals surface area contributed by atoms with Gasteiger partial charge in [-0.25, -0.2) is 4.79 Å². The number of hydrogen-bond acceptors (Lipinski definition) is 3. The molecular weight excluding hydrogens is 210 g/mol. The van der Waals surface area contributed by atoms with E-state index in [2.05, 4.69) is 5.32 Å². The van der Waals surface area contributed by atoms with Crippen molar-refractivity contribution in [2.45, 2.75) is 13.8 Å². The van der Waals surface area contributed by atoms with Crippen LogP contribution in [0.15, 0.2) is 6.07 Å². The van der Waals surface area contributed by atoms with Crippen LogP contribution >= 0.6 is 0 Å². The molecule has 0 bridgehead atoms. The number of ether oxygens (including phenoxy) is 2. The summed E-state index contributed by atoms with van der Waals surface area (Å²) in [6.07, 6.45) is -1.14. The minimum atomic E-state index is -1.14. The van der Waals surface area contributed by atoms with Crippen LogP contribution in [0.25, 0.3) is 0 Å². The maximum absolute atomic E-state index is 10.6. The predicted octanol–water partition coefficient (Wildman–Crippen LogP) is 2.41. The summed E-state index contributed by atoms with van der Waals surface area (Å²) in [6, 6.07) is 1.61. The summed E-state index contributed by atoms with van der Waals surface area (Å²) in [5.74, 6) is 1.14. The molecule has 1 aromatic carbocycles. The minimum Gasteiger partial charge on any atom is -0.496 e. The lowest BCUT2D eigenvalue weighted by molar-refractivity contribution is 0.209. The first-order valence-electron chi connectivity index (χ1n) is 4.73. The smallest absolute Gasteiger partial charge is 0.409 e. The zero-order valence-electron chi connectivity index (χ0n) is 9.75. The molecule has 5 heteroatoms. The summed E-state index contributed by atoms with van der Waals surface area (Å²) in [4.78, 5) is 10.6. The Labute approximate surface area is 94.0 Å². The van der Waals surface area contributed by atoms with Gasteiger partial charge in [0.05, 0.1) is 19.9 Å². The van der Waals surface area contributed by atoms with Gasteiger partial charge >= 0.3 is 6.09 Å². The number of carboxylic acid groups (broad SMARTS) is 1. The van der Waals surface area contributed by atoms with Crippen LogP contribution in [-0.2, 0) is 0 Å². The summed E-state index contributed by atoms with van der Waals surface area (Å²) < 4.78 is 10.3. The molecule has 0 aliphatic carbocycles. The van der Waals surface area contributed by atoms with E-state index in [9.17, 15) is 4.79 Å². The van der Waals surface area contributed by atoms with Crippen LogP contribution in [0.3, 0.4) is 0 Å². The lowest BCUT2D eigenvalue weighted by Gasteiger charge is -2.16. The van der Waals surface area contributed by atoms with Gasteiger partial charge in [-0.15, -0.1) is 0 Å². The standard InChI is InChI=1S/C11H15NO4/c1-6-7(2)10(16-4)8(12-11(13)14)5-9(6)15-3/h5,12H,1-4H3,(H,13,14). The number of anilines is 1. The Morgan fingerprint density at radius 3 is 2.31 bits per heavy atom. The highest BCUT2D eigenvalue weighted by molar-refractivity contribution is 5.86. The number of rotatable bonds is 3. The summed E-state index contributed by atoms with van der Waals surface area (Å²) in [6.45, 7) is 3.74. The highest BCUT2D eigenvalue weighted by Crippen LogP contribution is 2.36. The first-order chi connectivity index (χ1) is 7.51. The van der Waals surface area contributed by atoms with Crippen molar-refractivity contribution < 1.29 is 19.4 Å². The maximum atomic E-state index is 10.6. The van der Waals surface area contributed by atoms with E-state index < -0.39 is 6.09 Å². The molecule has 0 aliphatic heterocycles. The fraction of sp³-hybridized carbons (Fsp3) is 0.364. The fourth-order valence-corrected chi connectivity index (χ4v) is 1.55. The molecule has 0 fully saturated rings. The molecule has 0 saturated heterocycles. The number of methoxy groups -OCH3 is 2. The van der Waals surface area contributed by atoms with E-state index in [1.165, 1.54) is 7.11 Å². The monoisotopic (exact) mass is 225 g/mol. The van der Waals surface area contributed by atoms with Crippen molar-refractivity contribution in [3.63, 3.8) is 0 Å². The summed E-state index contributed by atoms with van der Waals surface area (Å²) >= 11 is 0. The van der Waals surface area contributed by atoms with Gasteiger partial charge in [0.15, 0.2) is 0 Å². The molecule has 0 radical (unpaired) electrons. The molecule has 16 heavy (non-hydrogen) atoms. The average molecular weight is 225 g/mol. The maximum Gasteiger partial charge on any atom is 0.409 e. The van der Waals surface area contributed by atoms with Gasteiger partial charge in [-0.2, -0.15) is 0 Å². The number of amides is 1. The molecule has 5 nitrogen and oxygen atoms in total. The van der Waals surface area contributed by atoms with Crippen LogP contribution in [0.2, 0.25) is 0 Å². The van der Waals surface area contributed by atoms with Gasteiger partial charge in [0.2, 0.25) is 0 Å². The van der Waals surface area contributed by atoms with Crippen LogP contribution in [0.5, 0.6) is 11.5 Å². The fourth-order valence-electron chi connectivity index (χ4n) is 1.55. The summed E-state index contributed by atoms with van der Waals surface area (Å²) in [5, 5.41) is 11.0. The molecule has 0 aromatic heterocycles. The number of hydrogen-bond donors (Lipinski definition) is 2. The zero-order chi connectivity index (χ0) is 12.3. The normalized spacial score (nSPS) is 9.75. The molecule has 1 rings (SSSR count). The SMILES string of the molecule is COc1cc(NC(=O)O)c(OC)c(C)c1C. The van der Waals surface area contributed by atoms with Gasteiger partial charge in [-0.3, -0.25) is 5.32 Å². The van der Waals surface area contributed by atoms with Crippen molar-refractivity contribution >= 4 is 11.8 Å². The van der Waals surface area contributed by atoms with Crippen molar-refractivity contribution in [2.75, 3.05) is 19.5 Å². The Morgan fingerprint density at radius 2 is 1.88 bits per heavy atom. The molecule has 0 aliphatic rings. The molecule has 0 saturated carbocycles. The molecule has 88 valence electrons. The van der Waals surface area contributed by atoms with Gasteiger partial charge in [0.1, 0.15) is 11.5 Å². The van der Waals surface area contributed by atoms with Gasteiger partial charge < -0.3 is 14.6 Å². The lowest BCUT2D eigenvalue weighted by atomic mass is 10.1. The molecule has 0 atom stereocenters. The summed E-state index contributed by atoms with van der Waals surface area (Å²) in [5.41, 5.74) is 2.16. The second-order valence-corrected chi connectivity index (χ2v) is 3.34. The van der Waals surface area contributed by atoms with E-state index in [1.807, 2.05) is 13.8 Å². The number of carbonyl (C=O) groups is 1. The second kappa shape index (κ2) is 4.74. The Hall–Kier alpha value is -1.91. The van der Waals surface area contributed by atoms with Crippen molar-refractivity contribution in [1.82, 2.24) is 0 Å². The molecule has 2 N–H and O–H groups in total. The lowest BCUT2D eigenvalue weighted by Crippen LogP contribution is -2.10. The van der Waals surface area contributed by atoms with E-state index in [0.717, 1.165) is 11.1 Å². The van der Waals surface area contributed by atoms with Crippen molar-refractivity contribution in [1.29, 1.82) is 0 Å². The van der Waals surface area contributed by atoms with E-state index in [-0.39, 0.29) is 0 Å². The van der Waals surface area contributed by atoms with E-state index in [1.54, 1.807) is 13.2 Å². The summed E-state index contributed by atoms with van der Waals surface area (Å²) in [7, 11) is 3.04. The van der Waals surface area contributed by atoms with E-state index >= 15 is 0 Å². The quantitative estimate of drug-likeness (QED) is 0.828. The molecule has 0 heterocycles. The Morgan fingerprint density at radius 1 is 1.25 bits per heavy atom. The largest absolute Gasteiger partial charge is 0.496 e. The molecule has 1 aromatic rings. The number of nitrogens with one attached hydrogen (secondary N) is 1. The molecule has 1 amide bonds. The first-order valence-corrected chi connectivity index (χ1v) is 4.73. The van der Waals surface area contributed by atoms with Crippen molar-refractivity contribution in [2.24, 2.45) is 0 Å². The van der Waals surface area contributed by atoms with Crippen LogP contribution in [0, 0.1) is 13.8 Å². The van der Waals surface area contributed by atoms with E-state index in [0.29, 0.717) is 17.2 Å². The van der Waals surface area contributed by atoms with Crippen LogP contribution < -0.4 is 14.8 Å². The van der Waals surface area contributed by atoms with Gasteiger partial charge in [-0.05, 0) is 25.0 Å². The highest BCUT2D eigenvalue weighted by Gasteiger charge is 2.15. The van der Waals surface area contributed by atoms with Gasteiger partial charge in [0.25, 0.3) is 0 Å². The van der Waals surface area contributed by atoms with Crippen LogP contribution in [0.4, 0.5) is 10.5 Å². The van der Waals surface area contributed by atoms with E-state index in [4.69, 9.17) is 14.6 Å². The van der Waals surface area contributed by atoms with Crippen molar-refractivity contribution in [3.05, 3.63) is 17.2 Å². The zero-order valence-corrected chi connectivity index (χ0v) is 9.75. The first kappa shape index (κ1) is 12.2. The van der Waals surface area contributed by atoms with Crippen LogP contribution in [0.1, 0.15) is 11.1 Å². The Kier molecular flexibility index (Phi) is 3.60. The molecule has 0 unspecified atom stereocenters. The van der Waals surface area contributed by atoms with Gasteiger partial charge in [-0.1, -0.05) is 0 Å². The predicted molar refractivity (Wildman–Crippen MR) is 60.7 cm³/mol. The minimum absolute atomic E-state index is 0.384. The Bertz CT molecular complexity index is 415. The topological polar surface area (TPSA) is 67.8 Å². The third-order valence-corrected chi connectivity index (χ3v) is 2.46. The van der Waals surface area contributed by atoms with Crippen LogP contribution in [-0.4, -0.2) is 25.4 Å². The molecular formula is C11H15NO4. The molecule has 0 spiro atoms. The highest BCUT2D eigenvalue weighted by atomic mass is 16.5. The third kappa shape index (κ3) is 2.18. The third-order valence-electron chi connectivity index (χ3n) is 2.46. The van der Waals surface area contributed by atoms with Gasteiger partial charge in [0, 0.05) is 6.07 Å². The number of benzene rings is 1.